The molecule has 0 heterocycles. The third-order valence-corrected chi connectivity index (χ3v) is 3.28. The third-order valence-electron chi connectivity index (χ3n) is 3.28. The molecule has 0 aromatic heterocycles. The molecular formula is C10H21N. The van der Waals surface area contributed by atoms with Gasteiger partial charge in [0.2, 0.25) is 0 Å². The molecule has 2 N–H and O–H groups in total. The fraction of sp³-hybridized carbons (Fsp3) is 1.00. The van der Waals surface area contributed by atoms with Crippen molar-refractivity contribution in [1.82, 2.24) is 0 Å². The molecule has 1 heteroatoms. The van der Waals surface area contributed by atoms with Gasteiger partial charge in [0, 0.05) is 6.04 Å². The number of hydrogen-bond acceptors (Lipinski definition) is 1. The maximum Gasteiger partial charge on any atom is 0.00672 e. The van der Waals surface area contributed by atoms with Gasteiger partial charge < -0.3 is 5.73 Å². The van der Waals surface area contributed by atoms with Crippen molar-refractivity contribution in [2.75, 3.05) is 0 Å². The summed E-state index contributed by atoms with van der Waals surface area (Å²) in [6.07, 6.45) is 3.98. The molecule has 1 aliphatic rings. The minimum absolute atomic E-state index is 0.469. The van der Waals surface area contributed by atoms with E-state index in [9.17, 15) is 0 Å². The van der Waals surface area contributed by atoms with E-state index in [0.717, 1.165) is 17.8 Å². The summed E-state index contributed by atoms with van der Waals surface area (Å²) in [6, 6.07) is 0.469. The van der Waals surface area contributed by atoms with Crippen molar-refractivity contribution in [2.24, 2.45) is 23.5 Å². The maximum atomic E-state index is 6.01. The highest BCUT2D eigenvalue weighted by Crippen LogP contribution is 2.33. The second-order valence-corrected chi connectivity index (χ2v) is 4.36. The summed E-state index contributed by atoms with van der Waals surface area (Å²) in [5, 5.41) is 0. The van der Waals surface area contributed by atoms with Crippen LogP contribution in [0.2, 0.25) is 0 Å². The molecule has 1 fully saturated rings. The minimum Gasteiger partial charge on any atom is -0.327 e. The molecule has 1 nitrogen and oxygen atoms in total. The zero-order valence-electron chi connectivity index (χ0n) is 8.01. The van der Waals surface area contributed by atoms with Crippen molar-refractivity contribution in [3.63, 3.8) is 0 Å². The van der Waals surface area contributed by atoms with Gasteiger partial charge in [-0.25, -0.2) is 0 Å². The van der Waals surface area contributed by atoms with Crippen LogP contribution in [0.15, 0.2) is 0 Å². The van der Waals surface area contributed by atoms with Gasteiger partial charge in [-0.05, 0) is 30.6 Å². The van der Waals surface area contributed by atoms with Crippen LogP contribution in [0.5, 0.6) is 0 Å². The van der Waals surface area contributed by atoms with Gasteiger partial charge in [-0.1, -0.05) is 27.2 Å². The first-order valence-electron chi connectivity index (χ1n) is 4.88. The first kappa shape index (κ1) is 9.05. The summed E-state index contributed by atoms with van der Waals surface area (Å²) < 4.78 is 0. The van der Waals surface area contributed by atoms with Gasteiger partial charge in [0.15, 0.2) is 0 Å². The Labute approximate surface area is 70.4 Å². The van der Waals surface area contributed by atoms with Crippen molar-refractivity contribution in [2.45, 2.75) is 46.1 Å². The van der Waals surface area contributed by atoms with Crippen LogP contribution in [0.4, 0.5) is 0 Å². The smallest absolute Gasteiger partial charge is 0.00672 e. The third kappa shape index (κ3) is 1.96. The van der Waals surface area contributed by atoms with Crippen LogP contribution in [0, 0.1) is 17.8 Å². The van der Waals surface area contributed by atoms with Crippen LogP contribution in [0.1, 0.15) is 40.0 Å². The highest BCUT2D eigenvalue weighted by Gasteiger charge is 2.28. The lowest BCUT2D eigenvalue weighted by Gasteiger charge is -2.36. The van der Waals surface area contributed by atoms with Crippen molar-refractivity contribution >= 4 is 0 Å². The fourth-order valence-corrected chi connectivity index (χ4v) is 2.37. The number of rotatable bonds is 1. The van der Waals surface area contributed by atoms with E-state index in [0.29, 0.717) is 6.04 Å². The van der Waals surface area contributed by atoms with E-state index in [-0.39, 0.29) is 0 Å². The van der Waals surface area contributed by atoms with Gasteiger partial charge in [0.05, 0.1) is 0 Å². The fourth-order valence-electron chi connectivity index (χ4n) is 2.37. The maximum absolute atomic E-state index is 6.01. The summed E-state index contributed by atoms with van der Waals surface area (Å²) in [4.78, 5) is 0. The second-order valence-electron chi connectivity index (χ2n) is 4.36. The van der Waals surface area contributed by atoms with Crippen LogP contribution in [0.3, 0.4) is 0 Å². The molecule has 0 bridgehead atoms. The zero-order chi connectivity index (χ0) is 8.43. The predicted octanol–water partition coefficient (Wildman–Crippen LogP) is 2.41. The average molecular weight is 155 g/mol. The van der Waals surface area contributed by atoms with Crippen molar-refractivity contribution < 1.29 is 0 Å². The van der Waals surface area contributed by atoms with E-state index in [1.54, 1.807) is 0 Å². The molecule has 11 heavy (non-hydrogen) atoms. The van der Waals surface area contributed by atoms with Crippen LogP contribution < -0.4 is 5.73 Å². The average Bonchev–Trinajstić information content (AvgIpc) is 1.94. The van der Waals surface area contributed by atoms with Crippen LogP contribution in [-0.4, -0.2) is 6.04 Å². The lowest BCUT2D eigenvalue weighted by atomic mass is 9.72. The standard InChI is InChI=1S/C10H21N/c1-7(2)9-5-4-6-10(11)8(9)3/h7-10H,4-6,11H2,1-3H3/t8-,9+,10-/m0/s1. The van der Waals surface area contributed by atoms with Crippen molar-refractivity contribution in [1.29, 1.82) is 0 Å². The van der Waals surface area contributed by atoms with E-state index < -0.39 is 0 Å². The summed E-state index contributed by atoms with van der Waals surface area (Å²) in [6.45, 7) is 6.95. The Hall–Kier alpha value is -0.0400. The predicted molar refractivity (Wildman–Crippen MR) is 49.3 cm³/mol. The zero-order valence-corrected chi connectivity index (χ0v) is 8.01. The van der Waals surface area contributed by atoms with Gasteiger partial charge >= 0.3 is 0 Å². The lowest BCUT2D eigenvalue weighted by molar-refractivity contribution is 0.171. The van der Waals surface area contributed by atoms with Crippen LogP contribution in [0.25, 0.3) is 0 Å². The Kier molecular flexibility index (Phi) is 2.94. The van der Waals surface area contributed by atoms with Crippen LogP contribution in [-0.2, 0) is 0 Å². The molecule has 0 aromatic rings. The molecule has 66 valence electrons. The Morgan fingerprint density at radius 2 is 1.91 bits per heavy atom. The molecule has 0 saturated heterocycles. The van der Waals surface area contributed by atoms with E-state index in [1.807, 2.05) is 0 Å². The molecule has 3 atom stereocenters. The molecule has 0 unspecified atom stereocenters. The van der Waals surface area contributed by atoms with Gasteiger partial charge in [-0.3, -0.25) is 0 Å². The van der Waals surface area contributed by atoms with Gasteiger partial charge in [0.1, 0.15) is 0 Å². The SMILES string of the molecule is CC(C)[C@H]1CCC[C@H](N)[C@H]1C. The van der Waals surface area contributed by atoms with E-state index >= 15 is 0 Å². The molecule has 0 spiro atoms. The van der Waals surface area contributed by atoms with Gasteiger partial charge in [0.25, 0.3) is 0 Å². The number of hydrogen-bond donors (Lipinski definition) is 1. The van der Waals surface area contributed by atoms with Gasteiger partial charge in [-0.15, -0.1) is 0 Å². The highest BCUT2D eigenvalue weighted by molar-refractivity contribution is 4.82. The summed E-state index contributed by atoms with van der Waals surface area (Å²) in [5.41, 5.74) is 6.01. The van der Waals surface area contributed by atoms with E-state index in [4.69, 9.17) is 5.73 Å². The first-order chi connectivity index (χ1) is 5.13. The Morgan fingerprint density at radius 1 is 1.27 bits per heavy atom. The number of nitrogens with two attached hydrogens (primary N) is 1. The first-order valence-corrected chi connectivity index (χ1v) is 4.88. The molecule has 0 radical (unpaired) electrons. The summed E-state index contributed by atoms with van der Waals surface area (Å²) >= 11 is 0. The van der Waals surface area contributed by atoms with Crippen LogP contribution >= 0.6 is 0 Å². The summed E-state index contributed by atoms with van der Waals surface area (Å²) in [7, 11) is 0. The molecule has 0 aliphatic heterocycles. The lowest BCUT2D eigenvalue weighted by Crippen LogP contribution is -2.38. The second kappa shape index (κ2) is 3.57. The van der Waals surface area contributed by atoms with Gasteiger partial charge in [-0.2, -0.15) is 0 Å². The highest BCUT2D eigenvalue weighted by atomic mass is 14.7. The van der Waals surface area contributed by atoms with Crippen molar-refractivity contribution in [3.8, 4) is 0 Å². The molecule has 1 saturated carbocycles. The Balaban J connectivity index is 2.51. The van der Waals surface area contributed by atoms with E-state index in [1.165, 1.54) is 19.3 Å². The summed E-state index contributed by atoms with van der Waals surface area (Å²) in [5.74, 6) is 2.43. The quantitative estimate of drug-likeness (QED) is 0.618. The largest absolute Gasteiger partial charge is 0.327 e. The van der Waals surface area contributed by atoms with E-state index in [2.05, 4.69) is 20.8 Å². The minimum atomic E-state index is 0.469. The topological polar surface area (TPSA) is 26.0 Å². The Morgan fingerprint density at radius 3 is 2.36 bits per heavy atom. The molecule has 1 rings (SSSR count). The molecule has 0 aromatic carbocycles. The molecule has 0 amide bonds. The van der Waals surface area contributed by atoms with Crippen molar-refractivity contribution in [3.05, 3.63) is 0 Å². The Bertz CT molecular complexity index is 120. The monoisotopic (exact) mass is 155 g/mol. The normalized spacial score (nSPS) is 39.5. The molecular weight excluding hydrogens is 134 g/mol. The molecule has 1 aliphatic carbocycles.